The number of alkyl halides is 1. The van der Waals surface area contributed by atoms with E-state index in [1.54, 1.807) is 0 Å². The summed E-state index contributed by atoms with van der Waals surface area (Å²) < 4.78 is 1.83. The van der Waals surface area contributed by atoms with Gasteiger partial charge in [-0.05, 0) is 18.1 Å². The molecule has 0 unspecified atom stereocenters. The van der Waals surface area contributed by atoms with Crippen LogP contribution in [0.25, 0.3) is 11.1 Å². The Morgan fingerprint density at radius 1 is 1.27 bits per heavy atom. The Kier molecular flexibility index (Phi) is 2.78. The van der Waals surface area contributed by atoms with Crippen molar-refractivity contribution in [3.63, 3.8) is 0 Å². The monoisotopic (exact) mass is 220 g/mol. The topological polar surface area (TPSA) is 17.8 Å². The van der Waals surface area contributed by atoms with Crippen LogP contribution in [0, 0.1) is 6.92 Å². The molecule has 1 aromatic heterocycles. The van der Waals surface area contributed by atoms with Gasteiger partial charge in [0.25, 0.3) is 0 Å². The summed E-state index contributed by atoms with van der Waals surface area (Å²) in [5, 5.41) is 4.32. The van der Waals surface area contributed by atoms with E-state index in [-0.39, 0.29) is 0 Å². The van der Waals surface area contributed by atoms with Crippen molar-refractivity contribution in [3.05, 3.63) is 41.7 Å². The van der Waals surface area contributed by atoms with Gasteiger partial charge in [0.15, 0.2) is 0 Å². The molecule has 0 saturated carbocycles. The second-order valence-electron chi connectivity index (χ2n) is 3.63. The van der Waals surface area contributed by atoms with Crippen LogP contribution in [0.3, 0.4) is 0 Å². The number of hydrogen-bond donors (Lipinski definition) is 0. The van der Waals surface area contributed by atoms with Crippen molar-refractivity contribution in [1.29, 1.82) is 0 Å². The van der Waals surface area contributed by atoms with Crippen LogP contribution in [-0.4, -0.2) is 9.78 Å². The molecule has 0 N–H and O–H groups in total. The molecule has 0 aliphatic rings. The van der Waals surface area contributed by atoms with Gasteiger partial charge in [-0.1, -0.05) is 24.3 Å². The molecule has 2 nitrogen and oxygen atoms in total. The van der Waals surface area contributed by atoms with E-state index < -0.39 is 0 Å². The van der Waals surface area contributed by atoms with E-state index in [0.29, 0.717) is 5.88 Å². The Morgan fingerprint density at radius 2 is 1.93 bits per heavy atom. The first kappa shape index (κ1) is 10.2. The van der Waals surface area contributed by atoms with Gasteiger partial charge in [-0.2, -0.15) is 5.10 Å². The van der Waals surface area contributed by atoms with Crippen LogP contribution in [0.5, 0.6) is 0 Å². The van der Waals surface area contributed by atoms with Crippen LogP contribution in [0.1, 0.15) is 11.3 Å². The Balaban J connectivity index is 2.41. The lowest BCUT2D eigenvalue weighted by Gasteiger charge is -2.00. The van der Waals surface area contributed by atoms with Crippen molar-refractivity contribution >= 4 is 11.6 Å². The molecular weight excluding hydrogens is 208 g/mol. The molecule has 0 radical (unpaired) electrons. The van der Waals surface area contributed by atoms with Crippen LogP contribution in [0.15, 0.2) is 30.5 Å². The van der Waals surface area contributed by atoms with Crippen molar-refractivity contribution in [1.82, 2.24) is 9.78 Å². The van der Waals surface area contributed by atoms with Crippen LogP contribution in [0.4, 0.5) is 0 Å². The molecule has 15 heavy (non-hydrogen) atoms. The van der Waals surface area contributed by atoms with Crippen molar-refractivity contribution in [3.8, 4) is 11.1 Å². The molecule has 0 aliphatic heterocycles. The van der Waals surface area contributed by atoms with Crippen molar-refractivity contribution in [2.24, 2.45) is 7.05 Å². The molecule has 0 saturated heterocycles. The Hall–Kier alpha value is -1.28. The van der Waals surface area contributed by atoms with Gasteiger partial charge in [-0.15, -0.1) is 11.6 Å². The van der Waals surface area contributed by atoms with Crippen LogP contribution < -0.4 is 0 Å². The average molecular weight is 221 g/mol. The zero-order valence-corrected chi connectivity index (χ0v) is 9.62. The lowest BCUT2D eigenvalue weighted by atomic mass is 10.1. The molecule has 0 atom stereocenters. The third-order valence-corrected chi connectivity index (χ3v) is 2.74. The van der Waals surface area contributed by atoms with Crippen molar-refractivity contribution in [2.45, 2.75) is 12.8 Å². The zero-order chi connectivity index (χ0) is 10.8. The second-order valence-corrected chi connectivity index (χ2v) is 3.90. The first-order valence-electron chi connectivity index (χ1n) is 4.86. The summed E-state index contributed by atoms with van der Waals surface area (Å²) >= 11 is 5.74. The summed E-state index contributed by atoms with van der Waals surface area (Å²) in [7, 11) is 1.93. The summed E-state index contributed by atoms with van der Waals surface area (Å²) in [6, 6.07) is 8.27. The minimum atomic E-state index is 0.562. The first-order chi connectivity index (χ1) is 7.20. The van der Waals surface area contributed by atoms with Crippen molar-refractivity contribution in [2.75, 3.05) is 0 Å². The number of halogens is 1. The number of benzene rings is 1. The summed E-state index contributed by atoms with van der Waals surface area (Å²) in [4.78, 5) is 0. The molecule has 0 fully saturated rings. The molecule has 2 aromatic rings. The second kappa shape index (κ2) is 4.07. The molecule has 1 heterocycles. The highest BCUT2D eigenvalue weighted by atomic mass is 35.5. The number of rotatable bonds is 2. The fourth-order valence-electron chi connectivity index (χ4n) is 1.66. The largest absolute Gasteiger partial charge is 0.275 e. The fourth-order valence-corrected chi connectivity index (χ4v) is 1.83. The van der Waals surface area contributed by atoms with Gasteiger partial charge in [-0.3, -0.25) is 4.68 Å². The third-order valence-electron chi connectivity index (χ3n) is 2.43. The number of nitrogens with zero attached hydrogens (tertiary/aromatic N) is 2. The third kappa shape index (κ3) is 2.05. The smallest absolute Gasteiger partial charge is 0.0671 e. The number of hydrogen-bond acceptors (Lipinski definition) is 1. The highest BCUT2D eigenvalue weighted by Gasteiger charge is 2.05. The van der Waals surface area contributed by atoms with Gasteiger partial charge in [0, 0.05) is 24.7 Å². The zero-order valence-electron chi connectivity index (χ0n) is 8.87. The molecule has 2 rings (SSSR count). The van der Waals surface area contributed by atoms with E-state index in [0.717, 1.165) is 11.3 Å². The molecule has 0 aliphatic carbocycles. The molecule has 78 valence electrons. The highest BCUT2D eigenvalue weighted by molar-refractivity contribution is 6.17. The quantitative estimate of drug-likeness (QED) is 0.711. The summed E-state index contributed by atoms with van der Waals surface area (Å²) in [6.45, 7) is 2.02. The Bertz CT molecular complexity index is 457. The first-order valence-corrected chi connectivity index (χ1v) is 5.39. The summed E-state index contributed by atoms with van der Waals surface area (Å²) in [6.07, 6.45) is 2.03. The van der Waals surface area contributed by atoms with Gasteiger partial charge in [-0.25, -0.2) is 0 Å². The predicted molar refractivity (Wildman–Crippen MR) is 62.9 cm³/mol. The standard InChI is InChI=1S/C12H13ClN2/c1-9-12(8-15(2)14-9)11-5-3-10(7-13)4-6-11/h3-6,8H,7H2,1-2H3. The maximum absolute atomic E-state index is 5.74. The fraction of sp³-hybridized carbons (Fsp3) is 0.250. The van der Waals surface area contributed by atoms with Gasteiger partial charge in [0.05, 0.1) is 5.69 Å². The van der Waals surface area contributed by atoms with E-state index in [9.17, 15) is 0 Å². The van der Waals surface area contributed by atoms with Crippen LogP contribution >= 0.6 is 11.6 Å². The van der Waals surface area contributed by atoms with Gasteiger partial charge < -0.3 is 0 Å². The lowest BCUT2D eigenvalue weighted by molar-refractivity contribution is 0.756. The van der Waals surface area contributed by atoms with Gasteiger partial charge >= 0.3 is 0 Å². The van der Waals surface area contributed by atoms with E-state index in [4.69, 9.17) is 11.6 Å². The lowest BCUT2D eigenvalue weighted by Crippen LogP contribution is -1.86. The maximum Gasteiger partial charge on any atom is 0.0671 e. The maximum atomic E-state index is 5.74. The molecule has 0 spiro atoms. The van der Waals surface area contributed by atoms with Crippen LogP contribution in [-0.2, 0) is 12.9 Å². The molecule has 0 bridgehead atoms. The van der Waals surface area contributed by atoms with Gasteiger partial charge in [0.2, 0.25) is 0 Å². The Morgan fingerprint density at radius 3 is 2.40 bits per heavy atom. The average Bonchev–Trinajstić information content (AvgIpc) is 2.58. The number of aromatic nitrogens is 2. The summed E-state index contributed by atoms with van der Waals surface area (Å²) in [5.41, 5.74) is 4.56. The van der Waals surface area contributed by atoms with E-state index in [1.807, 2.05) is 24.9 Å². The predicted octanol–water partition coefficient (Wildman–Crippen LogP) is 3.13. The van der Waals surface area contributed by atoms with Gasteiger partial charge in [0.1, 0.15) is 0 Å². The SMILES string of the molecule is Cc1nn(C)cc1-c1ccc(CCl)cc1. The molecule has 0 amide bonds. The van der Waals surface area contributed by atoms with E-state index in [2.05, 4.69) is 29.4 Å². The van der Waals surface area contributed by atoms with Crippen LogP contribution in [0.2, 0.25) is 0 Å². The molecule has 1 aromatic carbocycles. The molecule has 3 heteroatoms. The van der Waals surface area contributed by atoms with E-state index >= 15 is 0 Å². The summed E-state index contributed by atoms with van der Waals surface area (Å²) in [5.74, 6) is 0.562. The Labute approximate surface area is 94.5 Å². The normalized spacial score (nSPS) is 10.6. The minimum absolute atomic E-state index is 0.562. The molecular formula is C12H13ClN2. The number of aryl methyl sites for hydroxylation is 2. The minimum Gasteiger partial charge on any atom is -0.275 e. The van der Waals surface area contributed by atoms with Crippen molar-refractivity contribution < 1.29 is 0 Å². The van der Waals surface area contributed by atoms with E-state index in [1.165, 1.54) is 11.1 Å². The highest BCUT2D eigenvalue weighted by Crippen LogP contribution is 2.22.